The molecule has 0 bridgehead atoms. The maximum Gasteiger partial charge on any atom is 0.244 e. The summed E-state index contributed by atoms with van der Waals surface area (Å²) in [5.74, 6) is 0.791. The zero-order valence-corrected chi connectivity index (χ0v) is 18.0. The normalized spacial score (nSPS) is 17.1. The van der Waals surface area contributed by atoms with Gasteiger partial charge in [0.05, 0.1) is 32.0 Å². The van der Waals surface area contributed by atoms with Crippen molar-refractivity contribution < 1.29 is 19.0 Å². The predicted octanol–water partition coefficient (Wildman–Crippen LogP) is 3.39. The fraction of sp³-hybridized carbons (Fsp3) is 0.348. The highest BCUT2D eigenvalue weighted by Crippen LogP contribution is 2.36. The molecule has 6 nitrogen and oxygen atoms in total. The largest absolute Gasteiger partial charge is 0.493 e. The highest BCUT2D eigenvalue weighted by Gasteiger charge is 2.20. The molecule has 0 radical (unpaired) electrons. The van der Waals surface area contributed by atoms with Crippen molar-refractivity contribution in [1.82, 2.24) is 10.2 Å². The molecule has 1 saturated heterocycles. The molecule has 1 aliphatic rings. The van der Waals surface area contributed by atoms with E-state index < -0.39 is 0 Å². The molecular formula is C23H27ClN2O4. The molecule has 0 aromatic heterocycles. The van der Waals surface area contributed by atoms with Gasteiger partial charge in [-0.3, -0.25) is 9.69 Å². The summed E-state index contributed by atoms with van der Waals surface area (Å²) in [6.45, 7) is 3.67. The van der Waals surface area contributed by atoms with E-state index >= 15 is 0 Å². The summed E-state index contributed by atoms with van der Waals surface area (Å²) in [7, 11) is 3.07. The SMILES string of the molecule is COc1cc(/C=C/C(=O)NCC2CN(Cc3ccccc3)CCO2)cc(Cl)c1OC. The Bertz CT molecular complexity index is 873. The molecule has 3 rings (SSSR count). The molecule has 160 valence electrons. The molecule has 1 fully saturated rings. The third-order valence-electron chi connectivity index (χ3n) is 4.86. The molecule has 7 heteroatoms. The Balaban J connectivity index is 1.50. The average Bonchev–Trinajstić information content (AvgIpc) is 2.76. The second-order valence-electron chi connectivity index (χ2n) is 7.03. The Labute approximate surface area is 182 Å². The van der Waals surface area contributed by atoms with E-state index in [0.29, 0.717) is 29.7 Å². The number of hydrogen-bond acceptors (Lipinski definition) is 5. The van der Waals surface area contributed by atoms with Crippen molar-refractivity contribution in [3.8, 4) is 11.5 Å². The van der Waals surface area contributed by atoms with Gasteiger partial charge in [-0.15, -0.1) is 0 Å². The summed E-state index contributed by atoms with van der Waals surface area (Å²) in [5, 5.41) is 3.33. The molecular weight excluding hydrogens is 404 g/mol. The highest BCUT2D eigenvalue weighted by atomic mass is 35.5. The van der Waals surface area contributed by atoms with Gasteiger partial charge in [-0.25, -0.2) is 0 Å². The van der Waals surface area contributed by atoms with Gasteiger partial charge in [0.1, 0.15) is 0 Å². The summed E-state index contributed by atoms with van der Waals surface area (Å²) in [6.07, 6.45) is 3.13. The molecule has 1 aliphatic heterocycles. The summed E-state index contributed by atoms with van der Waals surface area (Å²) in [6, 6.07) is 13.8. The summed E-state index contributed by atoms with van der Waals surface area (Å²) >= 11 is 6.20. The first-order valence-corrected chi connectivity index (χ1v) is 10.2. The molecule has 1 atom stereocenters. The van der Waals surface area contributed by atoms with Crippen LogP contribution in [0.2, 0.25) is 5.02 Å². The van der Waals surface area contributed by atoms with Crippen molar-refractivity contribution in [2.24, 2.45) is 0 Å². The Hall–Kier alpha value is -2.54. The van der Waals surface area contributed by atoms with Crippen LogP contribution < -0.4 is 14.8 Å². The number of benzene rings is 2. The van der Waals surface area contributed by atoms with Gasteiger partial charge in [0.2, 0.25) is 5.91 Å². The second-order valence-corrected chi connectivity index (χ2v) is 7.44. The average molecular weight is 431 g/mol. The smallest absolute Gasteiger partial charge is 0.244 e. The van der Waals surface area contributed by atoms with E-state index in [0.717, 1.165) is 25.2 Å². The van der Waals surface area contributed by atoms with E-state index in [1.807, 2.05) is 18.2 Å². The van der Waals surface area contributed by atoms with Crippen molar-refractivity contribution in [1.29, 1.82) is 0 Å². The van der Waals surface area contributed by atoms with Gasteiger partial charge in [0, 0.05) is 32.3 Å². The van der Waals surface area contributed by atoms with Gasteiger partial charge < -0.3 is 19.5 Å². The Morgan fingerprint density at radius 1 is 1.27 bits per heavy atom. The number of rotatable bonds is 8. The number of hydrogen-bond donors (Lipinski definition) is 1. The topological polar surface area (TPSA) is 60.0 Å². The standard InChI is InChI=1S/C23H27ClN2O4/c1-28-21-13-18(12-20(24)23(21)29-2)8-9-22(27)25-14-19-16-26(10-11-30-19)15-17-6-4-3-5-7-17/h3-9,12-13,19H,10-11,14-16H2,1-2H3,(H,25,27)/b9-8+. The maximum atomic E-state index is 12.2. The number of morpholine rings is 1. The van der Waals surface area contributed by atoms with E-state index in [2.05, 4.69) is 22.3 Å². The monoisotopic (exact) mass is 430 g/mol. The lowest BCUT2D eigenvalue weighted by Crippen LogP contribution is -2.46. The van der Waals surface area contributed by atoms with E-state index in [1.54, 1.807) is 25.3 Å². The van der Waals surface area contributed by atoms with Crippen molar-refractivity contribution in [3.63, 3.8) is 0 Å². The lowest BCUT2D eigenvalue weighted by atomic mass is 10.1. The Morgan fingerprint density at radius 3 is 2.80 bits per heavy atom. The Kier molecular flexibility index (Phi) is 8.13. The minimum Gasteiger partial charge on any atom is -0.493 e. The van der Waals surface area contributed by atoms with Crippen molar-refractivity contribution >= 4 is 23.6 Å². The summed E-state index contributed by atoms with van der Waals surface area (Å²) in [4.78, 5) is 14.6. The van der Waals surface area contributed by atoms with Crippen LogP contribution in [0.3, 0.4) is 0 Å². The lowest BCUT2D eigenvalue weighted by Gasteiger charge is -2.33. The van der Waals surface area contributed by atoms with E-state index in [9.17, 15) is 4.79 Å². The van der Waals surface area contributed by atoms with Crippen LogP contribution in [0.5, 0.6) is 11.5 Å². The summed E-state index contributed by atoms with van der Waals surface area (Å²) < 4.78 is 16.3. The second kappa shape index (κ2) is 11.0. The molecule has 1 amide bonds. The third-order valence-corrected chi connectivity index (χ3v) is 5.14. The van der Waals surface area contributed by atoms with Gasteiger partial charge in [-0.1, -0.05) is 41.9 Å². The fourth-order valence-electron chi connectivity index (χ4n) is 3.37. The van der Waals surface area contributed by atoms with Crippen LogP contribution >= 0.6 is 11.6 Å². The number of carbonyl (C=O) groups excluding carboxylic acids is 1. The molecule has 2 aromatic carbocycles. The maximum absolute atomic E-state index is 12.2. The molecule has 1 N–H and O–H groups in total. The molecule has 0 spiro atoms. The molecule has 0 saturated carbocycles. The number of nitrogens with zero attached hydrogens (tertiary/aromatic N) is 1. The van der Waals surface area contributed by atoms with E-state index in [4.69, 9.17) is 25.8 Å². The van der Waals surface area contributed by atoms with Crippen molar-refractivity contribution in [3.05, 3.63) is 64.7 Å². The van der Waals surface area contributed by atoms with Crippen LogP contribution in [0.15, 0.2) is 48.5 Å². The van der Waals surface area contributed by atoms with Crippen LogP contribution in [0.1, 0.15) is 11.1 Å². The van der Waals surface area contributed by atoms with E-state index in [-0.39, 0.29) is 12.0 Å². The predicted molar refractivity (Wildman–Crippen MR) is 118 cm³/mol. The zero-order chi connectivity index (χ0) is 21.3. The minimum atomic E-state index is -0.190. The quantitative estimate of drug-likeness (QED) is 0.650. The number of ether oxygens (including phenoxy) is 3. The number of halogens is 1. The van der Waals surface area contributed by atoms with Gasteiger partial charge in [0.25, 0.3) is 0 Å². The van der Waals surface area contributed by atoms with Gasteiger partial charge in [-0.05, 0) is 29.3 Å². The minimum absolute atomic E-state index is 0.0321. The third kappa shape index (κ3) is 6.23. The first-order valence-electron chi connectivity index (χ1n) is 9.84. The van der Waals surface area contributed by atoms with Crippen LogP contribution in [0, 0.1) is 0 Å². The number of carbonyl (C=O) groups is 1. The van der Waals surface area contributed by atoms with E-state index in [1.165, 1.54) is 18.7 Å². The first-order chi connectivity index (χ1) is 14.6. The van der Waals surface area contributed by atoms with Crippen LogP contribution in [-0.4, -0.2) is 57.4 Å². The molecule has 1 heterocycles. The highest BCUT2D eigenvalue weighted by molar-refractivity contribution is 6.32. The van der Waals surface area contributed by atoms with Crippen LogP contribution in [-0.2, 0) is 16.1 Å². The number of nitrogens with one attached hydrogen (secondary N) is 1. The zero-order valence-electron chi connectivity index (χ0n) is 17.3. The van der Waals surface area contributed by atoms with Crippen LogP contribution in [0.25, 0.3) is 6.08 Å². The van der Waals surface area contributed by atoms with Crippen LogP contribution in [0.4, 0.5) is 0 Å². The van der Waals surface area contributed by atoms with Gasteiger partial charge in [-0.2, -0.15) is 0 Å². The van der Waals surface area contributed by atoms with Gasteiger partial charge in [0.15, 0.2) is 11.5 Å². The molecule has 30 heavy (non-hydrogen) atoms. The number of methoxy groups -OCH3 is 2. The summed E-state index contributed by atoms with van der Waals surface area (Å²) in [5.41, 5.74) is 2.02. The lowest BCUT2D eigenvalue weighted by molar-refractivity contribution is -0.117. The van der Waals surface area contributed by atoms with Crippen molar-refractivity contribution in [2.45, 2.75) is 12.6 Å². The molecule has 2 aromatic rings. The fourth-order valence-corrected chi connectivity index (χ4v) is 3.66. The molecule has 1 unspecified atom stereocenters. The first kappa shape index (κ1) is 22.2. The molecule has 0 aliphatic carbocycles. The Morgan fingerprint density at radius 2 is 2.07 bits per heavy atom. The van der Waals surface area contributed by atoms with Crippen molar-refractivity contribution in [2.75, 3.05) is 40.5 Å². The van der Waals surface area contributed by atoms with Gasteiger partial charge >= 0.3 is 0 Å². The number of amides is 1.